The quantitative estimate of drug-likeness (QED) is 0.519. The van der Waals surface area contributed by atoms with Gasteiger partial charge in [0.05, 0.1) is 23.4 Å². The van der Waals surface area contributed by atoms with Crippen LogP contribution in [0, 0.1) is 13.8 Å². The second-order valence-corrected chi connectivity index (χ2v) is 7.62. The molecule has 0 atom stereocenters. The highest BCUT2D eigenvalue weighted by molar-refractivity contribution is 5.88. The number of hydrogen-bond acceptors (Lipinski definition) is 7. The molecule has 0 amide bonds. The lowest BCUT2D eigenvalue weighted by Gasteiger charge is -2.33. The highest BCUT2D eigenvalue weighted by atomic mass is 16.1. The first-order valence-corrected chi connectivity index (χ1v) is 10.0. The molecule has 152 valence electrons. The molecular weight excluding hydrogens is 380 g/mol. The maximum atomic E-state index is 12.5. The molecule has 1 saturated heterocycles. The zero-order chi connectivity index (χ0) is 20.7. The number of aryl methyl sites for hydroxylation is 2. The predicted octanol–water partition coefficient (Wildman–Crippen LogP) is 2.23. The molecule has 9 nitrogen and oxygen atoms in total. The van der Waals surface area contributed by atoms with Crippen molar-refractivity contribution in [3.05, 3.63) is 64.7 Å². The molecule has 9 heteroatoms. The maximum absolute atomic E-state index is 12.5. The van der Waals surface area contributed by atoms with Crippen molar-refractivity contribution in [2.75, 3.05) is 18.0 Å². The Bertz CT molecular complexity index is 1260. The third-order valence-corrected chi connectivity index (χ3v) is 5.57. The molecule has 4 aromatic heterocycles. The Morgan fingerprint density at radius 1 is 1.03 bits per heavy atom. The van der Waals surface area contributed by atoms with Crippen LogP contribution in [0.25, 0.3) is 16.7 Å². The largest absolute Gasteiger partial charge is 0.356 e. The van der Waals surface area contributed by atoms with Gasteiger partial charge in [-0.25, -0.2) is 19.3 Å². The first-order valence-electron chi connectivity index (χ1n) is 10.0. The van der Waals surface area contributed by atoms with E-state index in [1.165, 1.54) is 0 Å². The molecule has 5 heterocycles. The van der Waals surface area contributed by atoms with Crippen LogP contribution in [0.1, 0.15) is 30.3 Å². The van der Waals surface area contributed by atoms with Crippen molar-refractivity contribution in [1.29, 1.82) is 0 Å². The van der Waals surface area contributed by atoms with Gasteiger partial charge < -0.3 is 4.90 Å². The minimum absolute atomic E-state index is 0.0421. The molecule has 5 rings (SSSR count). The minimum Gasteiger partial charge on any atom is -0.356 e. The zero-order valence-electron chi connectivity index (χ0n) is 16.9. The Morgan fingerprint density at radius 2 is 1.87 bits per heavy atom. The SMILES string of the molecule is Cc1cc(C)n(-c2ccc(=O)n(C3CCN(c4ncnc5cnccc45)CC3)n2)n1. The standard InChI is InChI=1S/C21H22N8O/c1-14-11-15(2)28(25-14)19-3-4-20(30)29(26-19)16-6-9-27(10-7-16)21-17-5-8-22-12-18(17)23-13-24-21/h3-5,8,11-13,16H,6-7,9-10H2,1-2H3. The number of aromatic nitrogens is 7. The second kappa shape index (κ2) is 7.33. The summed E-state index contributed by atoms with van der Waals surface area (Å²) in [6, 6.07) is 7.29. The van der Waals surface area contributed by atoms with Crippen molar-refractivity contribution in [3.8, 4) is 5.82 Å². The molecule has 1 aliphatic heterocycles. The van der Waals surface area contributed by atoms with Crippen LogP contribution in [-0.4, -0.2) is 47.6 Å². The van der Waals surface area contributed by atoms with Crippen molar-refractivity contribution in [1.82, 2.24) is 34.5 Å². The van der Waals surface area contributed by atoms with E-state index < -0.39 is 0 Å². The molecular formula is C21H22N8O. The van der Waals surface area contributed by atoms with E-state index in [-0.39, 0.29) is 11.6 Å². The molecule has 30 heavy (non-hydrogen) atoms. The van der Waals surface area contributed by atoms with Gasteiger partial charge in [-0.05, 0) is 44.9 Å². The van der Waals surface area contributed by atoms with Crippen LogP contribution in [-0.2, 0) is 0 Å². The summed E-state index contributed by atoms with van der Waals surface area (Å²) in [5.74, 6) is 1.58. The third-order valence-electron chi connectivity index (χ3n) is 5.57. The van der Waals surface area contributed by atoms with Gasteiger partial charge in [-0.2, -0.15) is 5.10 Å². The van der Waals surface area contributed by atoms with Crippen LogP contribution < -0.4 is 10.5 Å². The number of pyridine rings is 1. The summed E-state index contributed by atoms with van der Waals surface area (Å²) < 4.78 is 3.40. The average Bonchev–Trinajstić information content (AvgIpc) is 3.12. The van der Waals surface area contributed by atoms with Crippen LogP contribution >= 0.6 is 0 Å². The van der Waals surface area contributed by atoms with E-state index in [0.717, 1.165) is 54.0 Å². The fourth-order valence-corrected chi connectivity index (χ4v) is 4.12. The van der Waals surface area contributed by atoms with Gasteiger partial charge in [-0.3, -0.25) is 9.78 Å². The van der Waals surface area contributed by atoms with E-state index in [1.807, 2.05) is 26.0 Å². The number of anilines is 1. The Kier molecular flexibility index (Phi) is 4.50. The molecule has 0 spiro atoms. The summed E-state index contributed by atoms with van der Waals surface area (Å²) in [6.07, 6.45) is 6.71. The predicted molar refractivity (Wildman–Crippen MR) is 113 cm³/mol. The lowest BCUT2D eigenvalue weighted by atomic mass is 10.0. The summed E-state index contributed by atoms with van der Waals surface area (Å²) in [7, 11) is 0. The number of hydrogen-bond donors (Lipinski definition) is 0. The van der Waals surface area contributed by atoms with Crippen molar-refractivity contribution in [2.45, 2.75) is 32.7 Å². The monoisotopic (exact) mass is 402 g/mol. The Balaban J connectivity index is 1.40. The fraction of sp³-hybridized carbons (Fsp3) is 0.333. The normalized spacial score (nSPS) is 15.1. The summed E-state index contributed by atoms with van der Waals surface area (Å²) in [4.78, 5) is 27.7. The number of piperidine rings is 1. The summed E-state index contributed by atoms with van der Waals surface area (Å²) in [5, 5.41) is 10.1. The van der Waals surface area contributed by atoms with Crippen LogP contribution in [0.2, 0.25) is 0 Å². The summed E-state index contributed by atoms with van der Waals surface area (Å²) >= 11 is 0. The van der Waals surface area contributed by atoms with E-state index >= 15 is 0 Å². The van der Waals surface area contributed by atoms with Crippen molar-refractivity contribution >= 4 is 16.7 Å². The molecule has 0 N–H and O–H groups in total. The van der Waals surface area contributed by atoms with Gasteiger partial charge in [0.1, 0.15) is 12.1 Å². The fourth-order valence-electron chi connectivity index (χ4n) is 4.12. The lowest BCUT2D eigenvalue weighted by molar-refractivity contribution is 0.351. The average molecular weight is 402 g/mol. The van der Waals surface area contributed by atoms with Crippen LogP contribution in [0.4, 0.5) is 5.82 Å². The molecule has 1 fully saturated rings. The van der Waals surface area contributed by atoms with Crippen molar-refractivity contribution in [3.63, 3.8) is 0 Å². The van der Waals surface area contributed by atoms with E-state index in [2.05, 4.69) is 30.0 Å². The number of fused-ring (bicyclic) bond motifs is 1. The lowest BCUT2D eigenvalue weighted by Crippen LogP contribution is -2.39. The van der Waals surface area contributed by atoms with Gasteiger partial charge in [0.2, 0.25) is 0 Å². The van der Waals surface area contributed by atoms with Gasteiger partial charge in [-0.1, -0.05) is 0 Å². The van der Waals surface area contributed by atoms with Gasteiger partial charge in [0.25, 0.3) is 5.56 Å². The van der Waals surface area contributed by atoms with Gasteiger partial charge in [-0.15, -0.1) is 5.10 Å². The molecule has 0 radical (unpaired) electrons. The first-order chi connectivity index (χ1) is 14.6. The number of nitrogens with zero attached hydrogens (tertiary/aromatic N) is 8. The van der Waals surface area contributed by atoms with E-state index in [0.29, 0.717) is 5.82 Å². The molecule has 4 aromatic rings. The van der Waals surface area contributed by atoms with Gasteiger partial charge in [0, 0.05) is 36.4 Å². The summed E-state index contributed by atoms with van der Waals surface area (Å²) in [5.41, 5.74) is 2.66. The Labute approximate surface area is 173 Å². The van der Waals surface area contributed by atoms with Crippen molar-refractivity contribution < 1.29 is 0 Å². The van der Waals surface area contributed by atoms with Crippen molar-refractivity contribution in [2.24, 2.45) is 0 Å². The minimum atomic E-state index is -0.0858. The van der Waals surface area contributed by atoms with Crippen LogP contribution in [0.15, 0.2) is 47.8 Å². The Morgan fingerprint density at radius 3 is 2.63 bits per heavy atom. The molecule has 0 aromatic carbocycles. The molecule has 0 aliphatic carbocycles. The molecule has 0 unspecified atom stereocenters. The zero-order valence-corrected chi connectivity index (χ0v) is 16.9. The number of rotatable bonds is 3. The van der Waals surface area contributed by atoms with Gasteiger partial charge in [0.15, 0.2) is 5.82 Å². The van der Waals surface area contributed by atoms with Crippen LogP contribution in [0.3, 0.4) is 0 Å². The highest BCUT2D eigenvalue weighted by Crippen LogP contribution is 2.28. The third kappa shape index (κ3) is 3.22. The van der Waals surface area contributed by atoms with E-state index in [9.17, 15) is 4.79 Å². The van der Waals surface area contributed by atoms with Crippen LogP contribution in [0.5, 0.6) is 0 Å². The Hall–Kier alpha value is -3.62. The maximum Gasteiger partial charge on any atom is 0.267 e. The first kappa shape index (κ1) is 18.4. The van der Waals surface area contributed by atoms with E-state index in [1.54, 1.807) is 40.2 Å². The molecule has 1 aliphatic rings. The molecule has 0 bridgehead atoms. The molecule has 0 saturated carbocycles. The smallest absolute Gasteiger partial charge is 0.267 e. The highest BCUT2D eigenvalue weighted by Gasteiger charge is 2.24. The summed E-state index contributed by atoms with van der Waals surface area (Å²) in [6.45, 7) is 5.51. The topological polar surface area (TPSA) is 94.6 Å². The second-order valence-electron chi connectivity index (χ2n) is 7.62. The van der Waals surface area contributed by atoms with E-state index in [4.69, 9.17) is 0 Å². The van der Waals surface area contributed by atoms with Gasteiger partial charge >= 0.3 is 0 Å².